The molecule has 1 N–H and O–H groups in total. The molecular weight excluding hydrogens is 433 g/mol. The van der Waals surface area contributed by atoms with Gasteiger partial charge in [0.1, 0.15) is 10.8 Å². The number of anilines is 1. The Kier molecular flexibility index (Phi) is 5.55. The monoisotopic (exact) mass is 447 g/mol. The van der Waals surface area contributed by atoms with E-state index in [2.05, 4.69) is 15.5 Å². The maximum atomic E-state index is 13.3. The van der Waals surface area contributed by atoms with E-state index in [4.69, 9.17) is 9.47 Å². The number of nitrogens with one attached hydrogen (secondary N) is 1. The van der Waals surface area contributed by atoms with E-state index >= 15 is 0 Å². The zero-order valence-corrected chi connectivity index (χ0v) is 16.9. The summed E-state index contributed by atoms with van der Waals surface area (Å²) in [6, 6.07) is 12.4. The zero-order chi connectivity index (χ0) is 21.1. The Bertz CT molecular complexity index is 1200. The van der Waals surface area contributed by atoms with Gasteiger partial charge in [-0.05, 0) is 42.5 Å². The number of carbonyl (C=O) groups excluding carboxylic acids is 1. The summed E-state index contributed by atoms with van der Waals surface area (Å²) in [4.78, 5) is 11.9. The van der Waals surface area contributed by atoms with Crippen LogP contribution in [0.25, 0.3) is 0 Å². The number of thioether (sulfide) groups is 1. The van der Waals surface area contributed by atoms with Crippen molar-refractivity contribution in [3.63, 3.8) is 0 Å². The molecule has 0 saturated heterocycles. The number of rotatable bonds is 6. The smallest absolute Gasteiger partial charge is 0.234 e. The minimum atomic E-state index is -3.98. The topological polar surface area (TPSA) is 107 Å². The molecule has 0 fully saturated rings. The van der Waals surface area contributed by atoms with Crippen LogP contribution in [0, 0.1) is 5.82 Å². The largest absolute Gasteiger partial charge is 0.454 e. The molecule has 4 rings (SSSR count). The molecule has 0 bridgehead atoms. The quantitative estimate of drug-likeness (QED) is 0.575. The van der Waals surface area contributed by atoms with E-state index in [-0.39, 0.29) is 28.4 Å². The molecule has 0 spiro atoms. The number of ether oxygens (including phenoxy) is 2. The summed E-state index contributed by atoms with van der Waals surface area (Å²) < 4.78 is 48.8. The van der Waals surface area contributed by atoms with Crippen molar-refractivity contribution < 1.29 is 27.1 Å². The average Bonchev–Trinajstić information content (AvgIpc) is 3.20. The van der Waals surface area contributed by atoms with Crippen LogP contribution >= 0.6 is 11.8 Å². The van der Waals surface area contributed by atoms with E-state index in [0.29, 0.717) is 22.2 Å². The first kappa shape index (κ1) is 20.1. The number of halogens is 1. The summed E-state index contributed by atoms with van der Waals surface area (Å²) >= 11 is 1.09. The number of benzene rings is 2. The van der Waals surface area contributed by atoms with Crippen LogP contribution in [0.1, 0.15) is 0 Å². The fourth-order valence-corrected chi connectivity index (χ4v) is 4.37. The van der Waals surface area contributed by atoms with E-state index in [0.717, 1.165) is 23.9 Å². The van der Waals surface area contributed by atoms with Gasteiger partial charge in [-0.15, -0.1) is 10.2 Å². The molecule has 2 heterocycles. The van der Waals surface area contributed by atoms with Gasteiger partial charge < -0.3 is 14.8 Å². The molecule has 154 valence electrons. The third-order valence-corrected chi connectivity index (χ3v) is 6.57. The van der Waals surface area contributed by atoms with Crippen LogP contribution in [-0.2, 0) is 14.6 Å². The van der Waals surface area contributed by atoms with Crippen LogP contribution in [0.15, 0.2) is 69.5 Å². The fourth-order valence-electron chi connectivity index (χ4n) is 2.59. The molecule has 0 radical (unpaired) electrons. The first-order chi connectivity index (χ1) is 14.4. The molecule has 8 nitrogen and oxygen atoms in total. The maximum absolute atomic E-state index is 13.3. The summed E-state index contributed by atoms with van der Waals surface area (Å²) in [5.41, 5.74) is 0.562. The number of sulfone groups is 1. The minimum absolute atomic E-state index is 0.0408. The van der Waals surface area contributed by atoms with Crippen molar-refractivity contribution in [3.05, 3.63) is 60.4 Å². The SMILES string of the molecule is O=C(CSc1ccc(S(=O)(=O)c2cccc(F)c2)nn1)Nc1ccc2c(c1)OCO2. The molecule has 0 saturated carbocycles. The molecule has 0 aliphatic carbocycles. The molecule has 1 aliphatic rings. The van der Waals surface area contributed by atoms with Crippen LogP contribution in [0.5, 0.6) is 11.5 Å². The van der Waals surface area contributed by atoms with Crippen molar-refractivity contribution in [3.8, 4) is 11.5 Å². The summed E-state index contributed by atoms with van der Waals surface area (Å²) in [5, 5.41) is 10.4. The zero-order valence-electron chi connectivity index (χ0n) is 15.2. The van der Waals surface area contributed by atoms with Crippen LogP contribution in [0.2, 0.25) is 0 Å². The highest BCUT2D eigenvalue weighted by molar-refractivity contribution is 7.99. The van der Waals surface area contributed by atoms with Crippen molar-refractivity contribution in [2.24, 2.45) is 0 Å². The second kappa shape index (κ2) is 8.28. The molecule has 3 aromatic rings. The highest BCUT2D eigenvalue weighted by atomic mass is 32.2. The molecular formula is C19H14FN3O5S2. The molecule has 0 atom stereocenters. The number of carbonyl (C=O) groups is 1. The van der Waals surface area contributed by atoms with Gasteiger partial charge in [0.25, 0.3) is 0 Å². The summed E-state index contributed by atoms with van der Waals surface area (Å²) in [6.45, 7) is 0.145. The molecule has 1 aromatic heterocycles. The third-order valence-electron chi connectivity index (χ3n) is 4.00. The highest BCUT2D eigenvalue weighted by Gasteiger charge is 2.20. The fraction of sp³-hybridized carbons (Fsp3) is 0.105. The third kappa shape index (κ3) is 4.36. The van der Waals surface area contributed by atoms with Gasteiger partial charge in [0, 0.05) is 11.8 Å². The van der Waals surface area contributed by atoms with Gasteiger partial charge in [-0.2, -0.15) is 0 Å². The normalized spacial score (nSPS) is 12.6. The van der Waals surface area contributed by atoms with Crippen molar-refractivity contribution in [1.82, 2.24) is 10.2 Å². The van der Waals surface area contributed by atoms with Crippen LogP contribution in [0.3, 0.4) is 0 Å². The van der Waals surface area contributed by atoms with Crippen molar-refractivity contribution in [1.29, 1.82) is 0 Å². The number of fused-ring (bicyclic) bond motifs is 1. The van der Waals surface area contributed by atoms with E-state index in [1.54, 1.807) is 18.2 Å². The Morgan fingerprint density at radius 3 is 2.67 bits per heavy atom. The van der Waals surface area contributed by atoms with Crippen LogP contribution < -0.4 is 14.8 Å². The van der Waals surface area contributed by atoms with E-state index in [1.807, 2.05) is 0 Å². The average molecular weight is 447 g/mol. The molecule has 2 aromatic carbocycles. The number of nitrogens with zero attached hydrogens (tertiary/aromatic N) is 2. The van der Waals surface area contributed by atoms with Gasteiger partial charge in [0.15, 0.2) is 16.5 Å². The van der Waals surface area contributed by atoms with E-state index < -0.39 is 15.7 Å². The van der Waals surface area contributed by atoms with Crippen LogP contribution in [-0.4, -0.2) is 37.1 Å². The lowest BCUT2D eigenvalue weighted by atomic mass is 10.3. The van der Waals surface area contributed by atoms with Crippen molar-refractivity contribution in [2.75, 3.05) is 17.9 Å². The highest BCUT2D eigenvalue weighted by Crippen LogP contribution is 2.34. The molecule has 30 heavy (non-hydrogen) atoms. The minimum Gasteiger partial charge on any atom is -0.454 e. The Labute approximate surface area is 175 Å². The number of aromatic nitrogens is 2. The second-order valence-electron chi connectivity index (χ2n) is 6.08. The van der Waals surface area contributed by atoms with Gasteiger partial charge >= 0.3 is 0 Å². The van der Waals surface area contributed by atoms with Crippen molar-refractivity contribution >= 4 is 33.2 Å². The van der Waals surface area contributed by atoms with Gasteiger partial charge in [-0.3, -0.25) is 4.79 Å². The summed E-state index contributed by atoms with van der Waals surface area (Å²) in [7, 11) is -3.98. The van der Waals surface area contributed by atoms with Crippen LogP contribution in [0.4, 0.5) is 10.1 Å². The number of amides is 1. The Morgan fingerprint density at radius 2 is 1.90 bits per heavy atom. The molecule has 1 aliphatic heterocycles. The predicted octanol–water partition coefficient (Wildman–Crippen LogP) is 2.91. The van der Waals surface area contributed by atoms with Gasteiger partial charge in [0.2, 0.25) is 22.5 Å². The van der Waals surface area contributed by atoms with Gasteiger partial charge in [-0.25, -0.2) is 12.8 Å². The Morgan fingerprint density at radius 1 is 1.07 bits per heavy atom. The standard InChI is InChI=1S/C19H14FN3O5S2/c20-12-2-1-3-14(8-12)30(25,26)19-7-6-18(22-23-19)29-10-17(24)21-13-4-5-15-16(9-13)28-11-27-15/h1-9H,10-11H2,(H,21,24). The van der Waals surface area contributed by atoms with Gasteiger partial charge in [-0.1, -0.05) is 17.8 Å². The number of hydrogen-bond donors (Lipinski definition) is 1. The summed E-state index contributed by atoms with van der Waals surface area (Å²) in [5.74, 6) is 0.271. The summed E-state index contributed by atoms with van der Waals surface area (Å²) in [6.07, 6.45) is 0. The molecule has 0 unspecified atom stereocenters. The van der Waals surface area contributed by atoms with E-state index in [9.17, 15) is 17.6 Å². The van der Waals surface area contributed by atoms with E-state index in [1.165, 1.54) is 24.3 Å². The Balaban J connectivity index is 1.37. The lowest BCUT2D eigenvalue weighted by Crippen LogP contribution is -2.14. The maximum Gasteiger partial charge on any atom is 0.234 e. The first-order valence-corrected chi connectivity index (χ1v) is 11.1. The van der Waals surface area contributed by atoms with Crippen molar-refractivity contribution in [2.45, 2.75) is 14.9 Å². The Hall–Kier alpha value is -3.18. The first-order valence-electron chi connectivity index (χ1n) is 8.58. The number of hydrogen-bond acceptors (Lipinski definition) is 8. The lowest BCUT2D eigenvalue weighted by Gasteiger charge is -2.06. The predicted molar refractivity (Wildman–Crippen MR) is 106 cm³/mol. The lowest BCUT2D eigenvalue weighted by molar-refractivity contribution is -0.113. The van der Waals surface area contributed by atoms with Gasteiger partial charge in [0.05, 0.1) is 10.6 Å². The molecule has 1 amide bonds. The second-order valence-corrected chi connectivity index (χ2v) is 8.97. The molecule has 11 heteroatoms.